The van der Waals surface area contributed by atoms with Gasteiger partial charge in [0.15, 0.2) is 0 Å². The van der Waals surface area contributed by atoms with Crippen molar-refractivity contribution in [3.8, 4) is 0 Å². The van der Waals surface area contributed by atoms with Crippen LogP contribution in [-0.2, 0) is 4.74 Å². The van der Waals surface area contributed by atoms with E-state index in [0.717, 1.165) is 51.9 Å². The number of urea groups is 1. The zero-order chi connectivity index (χ0) is 13.2. The van der Waals surface area contributed by atoms with Gasteiger partial charge in [-0.3, -0.25) is 0 Å². The van der Waals surface area contributed by atoms with Gasteiger partial charge >= 0.3 is 6.03 Å². The van der Waals surface area contributed by atoms with Gasteiger partial charge in [0.05, 0.1) is 6.10 Å². The van der Waals surface area contributed by atoms with E-state index >= 15 is 0 Å². The van der Waals surface area contributed by atoms with Crippen molar-refractivity contribution in [3.63, 3.8) is 0 Å². The lowest BCUT2D eigenvalue weighted by Crippen LogP contribution is -2.40. The molecule has 0 aromatic heterocycles. The van der Waals surface area contributed by atoms with Crippen molar-refractivity contribution < 1.29 is 9.53 Å². The fourth-order valence-electron chi connectivity index (χ4n) is 2.13. The summed E-state index contributed by atoms with van der Waals surface area (Å²) in [7, 11) is 0. The molecule has 1 aliphatic heterocycles. The van der Waals surface area contributed by atoms with Crippen molar-refractivity contribution >= 4 is 6.03 Å². The van der Waals surface area contributed by atoms with Crippen LogP contribution in [0.25, 0.3) is 0 Å². The molecule has 0 spiro atoms. The van der Waals surface area contributed by atoms with Crippen molar-refractivity contribution in [2.24, 2.45) is 0 Å². The highest BCUT2D eigenvalue weighted by Gasteiger charge is 2.14. The highest BCUT2D eigenvalue weighted by molar-refractivity contribution is 5.74. The molecular formula is C14H28N2O2. The number of unbranched alkanes of at least 4 members (excludes halogenated alkanes) is 1. The van der Waals surface area contributed by atoms with Crippen molar-refractivity contribution in [1.82, 2.24) is 10.2 Å². The first-order chi connectivity index (χ1) is 8.70. The number of hydrogen-bond acceptors (Lipinski definition) is 2. The summed E-state index contributed by atoms with van der Waals surface area (Å²) in [6.45, 7) is 7.47. The van der Waals surface area contributed by atoms with Crippen LogP contribution in [0.5, 0.6) is 0 Å². The Morgan fingerprint density at radius 2 is 1.83 bits per heavy atom. The molecule has 106 valence electrons. The number of hydrogen-bond donors (Lipinski definition) is 1. The third-order valence-electron chi connectivity index (χ3n) is 3.19. The van der Waals surface area contributed by atoms with Crippen LogP contribution in [0, 0.1) is 0 Å². The fraction of sp³-hybridized carbons (Fsp3) is 0.929. The Morgan fingerprint density at radius 1 is 1.17 bits per heavy atom. The van der Waals surface area contributed by atoms with Crippen LogP contribution in [0.4, 0.5) is 4.79 Å². The minimum atomic E-state index is 0.113. The van der Waals surface area contributed by atoms with Crippen LogP contribution >= 0.6 is 0 Å². The van der Waals surface area contributed by atoms with Gasteiger partial charge in [-0.2, -0.15) is 0 Å². The highest BCUT2D eigenvalue weighted by atomic mass is 16.5. The number of carbonyl (C=O) groups excluding carboxylic acids is 1. The Kier molecular flexibility index (Phi) is 7.81. The molecule has 1 saturated heterocycles. The first-order valence-electron chi connectivity index (χ1n) is 7.34. The molecule has 4 nitrogen and oxygen atoms in total. The maximum absolute atomic E-state index is 11.9. The second kappa shape index (κ2) is 9.20. The highest BCUT2D eigenvalue weighted by Crippen LogP contribution is 2.09. The van der Waals surface area contributed by atoms with E-state index in [1.807, 2.05) is 18.7 Å². The molecule has 1 fully saturated rings. The van der Waals surface area contributed by atoms with E-state index in [1.165, 1.54) is 12.8 Å². The summed E-state index contributed by atoms with van der Waals surface area (Å²) in [6, 6.07) is 0.113. The van der Waals surface area contributed by atoms with Crippen LogP contribution in [-0.4, -0.2) is 43.3 Å². The molecule has 4 heteroatoms. The van der Waals surface area contributed by atoms with Gasteiger partial charge in [-0.15, -0.1) is 0 Å². The Labute approximate surface area is 111 Å². The standard InChI is InChI=1S/C14H28N2O2/c1-13(2)18-12-8-5-9-15-14(17)16-10-6-3-4-7-11-16/h13H,3-12H2,1-2H3,(H,15,17). The predicted molar refractivity (Wildman–Crippen MR) is 73.8 cm³/mol. The molecule has 1 N–H and O–H groups in total. The van der Waals surface area contributed by atoms with Gasteiger partial charge in [0.2, 0.25) is 0 Å². The van der Waals surface area contributed by atoms with E-state index in [9.17, 15) is 4.79 Å². The summed E-state index contributed by atoms with van der Waals surface area (Å²) in [6.07, 6.45) is 7.12. The maximum atomic E-state index is 11.9. The average molecular weight is 256 g/mol. The molecule has 0 aromatic carbocycles. The van der Waals surface area contributed by atoms with Crippen LogP contribution in [0.1, 0.15) is 52.4 Å². The van der Waals surface area contributed by atoms with Crippen LogP contribution < -0.4 is 5.32 Å². The summed E-state index contributed by atoms with van der Waals surface area (Å²) in [5.74, 6) is 0. The molecule has 1 aliphatic rings. The monoisotopic (exact) mass is 256 g/mol. The van der Waals surface area contributed by atoms with Crippen LogP contribution in [0.2, 0.25) is 0 Å². The quantitative estimate of drug-likeness (QED) is 0.742. The molecular weight excluding hydrogens is 228 g/mol. The molecule has 0 saturated carbocycles. The van der Waals surface area contributed by atoms with Gasteiger partial charge in [0.25, 0.3) is 0 Å². The third-order valence-corrected chi connectivity index (χ3v) is 3.19. The van der Waals surface area contributed by atoms with E-state index < -0.39 is 0 Å². The van der Waals surface area contributed by atoms with E-state index in [1.54, 1.807) is 0 Å². The average Bonchev–Trinajstić information content (AvgIpc) is 2.61. The van der Waals surface area contributed by atoms with E-state index in [4.69, 9.17) is 4.74 Å². The Morgan fingerprint density at radius 3 is 2.44 bits per heavy atom. The second-order valence-corrected chi connectivity index (χ2v) is 5.26. The molecule has 0 aromatic rings. The summed E-state index contributed by atoms with van der Waals surface area (Å²) in [5, 5.41) is 3.00. The smallest absolute Gasteiger partial charge is 0.317 e. The summed E-state index contributed by atoms with van der Waals surface area (Å²) in [5.41, 5.74) is 0. The Balaban J connectivity index is 2.02. The van der Waals surface area contributed by atoms with E-state index in [0.29, 0.717) is 6.10 Å². The Bertz CT molecular complexity index is 224. The SMILES string of the molecule is CC(C)OCCCCNC(=O)N1CCCCCC1. The van der Waals surface area contributed by atoms with E-state index in [2.05, 4.69) is 5.32 Å². The van der Waals surface area contributed by atoms with Gasteiger partial charge in [-0.05, 0) is 39.5 Å². The van der Waals surface area contributed by atoms with Gasteiger partial charge < -0.3 is 15.0 Å². The third kappa shape index (κ3) is 6.84. The summed E-state index contributed by atoms with van der Waals surface area (Å²) in [4.78, 5) is 13.8. The zero-order valence-electron chi connectivity index (χ0n) is 11.9. The maximum Gasteiger partial charge on any atom is 0.317 e. The lowest BCUT2D eigenvalue weighted by molar-refractivity contribution is 0.0760. The summed E-state index contributed by atoms with van der Waals surface area (Å²) < 4.78 is 5.46. The minimum absolute atomic E-state index is 0.113. The van der Waals surface area contributed by atoms with Gasteiger partial charge in [-0.1, -0.05) is 12.8 Å². The van der Waals surface area contributed by atoms with Gasteiger partial charge in [0.1, 0.15) is 0 Å². The molecule has 0 aliphatic carbocycles. The van der Waals surface area contributed by atoms with Crippen molar-refractivity contribution in [1.29, 1.82) is 0 Å². The molecule has 1 heterocycles. The first-order valence-corrected chi connectivity index (χ1v) is 7.34. The number of carbonyl (C=O) groups is 1. The molecule has 0 atom stereocenters. The van der Waals surface area contributed by atoms with Crippen molar-refractivity contribution in [3.05, 3.63) is 0 Å². The number of ether oxygens (including phenoxy) is 1. The Hall–Kier alpha value is -0.770. The van der Waals surface area contributed by atoms with Crippen molar-refractivity contribution in [2.75, 3.05) is 26.2 Å². The van der Waals surface area contributed by atoms with Gasteiger partial charge in [0, 0.05) is 26.2 Å². The normalized spacial score (nSPS) is 16.7. The van der Waals surface area contributed by atoms with Crippen LogP contribution in [0.3, 0.4) is 0 Å². The number of nitrogens with zero attached hydrogens (tertiary/aromatic N) is 1. The molecule has 0 unspecified atom stereocenters. The summed E-state index contributed by atoms with van der Waals surface area (Å²) >= 11 is 0. The minimum Gasteiger partial charge on any atom is -0.379 e. The molecule has 0 radical (unpaired) electrons. The zero-order valence-corrected chi connectivity index (χ0v) is 11.9. The second-order valence-electron chi connectivity index (χ2n) is 5.26. The van der Waals surface area contributed by atoms with Crippen LogP contribution in [0.15, 0.2) is 0 Å². The number of likely N-dealkylation sites (tertiary alicyclic amines) is 1. The first kappa shape index (κ1) is 15.3. The number of nitrogens with one attached hydrogen (secondary N) is 1. The van der Waals surface area contributed by atoms with Gasteiger partial charge in [-0.25, -0.2) is 4.79 Å². The lowest BCUT2D eigenvalue weighted by Gasteiger charge is -2.20. The molecule has 0 bridgehead atoms. The molecule has 1 rings (SSSR count). The number of amides is 2. The topological polar surface area (TPSA) is 41.6 Å². The van der Waals surface area contributed by atoms with Crippen molar-refractivity contribution in [2.45, 2.75) is 58.5 Å². The number of rotatable bonds is 6. The van der Waals surface area contributed by atoms with E-state index in [-0.39, 0.29) is 6.03 Å². The molecule has 2 amide bonds. The molecule has 18 heavy (non-hydrogen) atoms. The lowest BCUT2D eigenvalue weighted by atomic mass is 10.2. The fourth-order valence-corrected chi connectivity index (χ4v) is 2.13. The largest absolute Gasteiger partial charge is 0.379 e. The predicted octanol–water partition coefficient (Wildman–Crippen LogP) is 2.78.